The van der Waals surface area contributed by atoms with Gasteiger partial charge in [0.25, 0.3) is 4.38 Å². The SMILES string of the molecule is CC(C)[N+](=C1SCCCS1)C(C)C.[Br-]. The molecule has 1 fully saturated rings. The maximum absolute atomic E-state index is 2.54. The molecule has 0 saturated carbocycles. The van der Waals surface area contributed by atoms with Crippen LogP contribution in [0.5, 0.6) is 0 Å². The van der Waals surface area contributed by atoms with Gasteiger partial charge in [-0.2, -0.15) is 0 Å². The summed E-state index contributed by atoms with van der Waals surface area (Å²) in [7, 11) is 0. The van der Waals surface area contributed by atoms with Crippen molar-refractivity contribution in [3.63, 3.8) is 0 Å². The maximum Gasteiger partial charge on any atom is 0.270 e. The van der Waals surface area contributed by atoms with Crippen molar-refractivity contribution < 1.29 is 21.6 Å². The summed E-state index contributed by atoms with van der Waals surface area (Å²) in [6, 6.07) is 1.26. The molecule has 0 aromatic carbocycles. The predicted octanol–water partition coefficient (Wildman–Crippen LogP) is 0.0458. The second-order valence-corrected chi connectivity index (χ2v) is 6.34. The van der Waals surface area contributed by atoms with Gasteiger partial charge in [-0.15, -0.1) is 0 Å². The van der Waals surface area contributed by atoms with Crippen LogP contribution in [0, 0.1) is 0 Å². The van der Waals surface area contributed by atoms with E-state index >= 15 is 0 Å². The third kappa shape index (κ3) is 4.15. The van der Waals surface area contributed by atoms with Gasteiger partial charge >= 0.3 is 0 Å². The van der Waals surface area contributed by atoms with Crippen LogP contribution in [0.3, 0.4) is 0 Å². The normalized spacial score (nSPS) is 17.1. The zero-order valence-corrected chi connectivity index (χ0v) is 12.6. The first-order valence-corrected chi connectivity index (χ1v) is 7.01. The van der Waals surface area contributed by atoms with Crippen molar-refractivity contribution in [2.45, 2.75) is 46.2 Å². The number of halogens is 1. The van der Waals surface area contributed by atoms with Crippen LogP contribution in [0.25, 0.3) is 0 Å². The van der Waals surface area contributed by atoms with Crippen molar-refractivity contribution in [3.05, 3.63) is 0 Å². The van der Waals surface area contributed by atoms with Crippen LogP contribution in [0.15, 0.2) is 0 Å². The van der Waals surface area contributed by atoms with E-state index < -0.39 is 0 Å². The highest BCUT2D eigenvalue weighted by atomic mass is 79.9. The summed E-state index contributed by atoms with van der Waals surface area (Å²) >= 11 is 4.07. The summed E-state index contributed by atoms with van der Waals surface area (Å²) in [6.45, 7) is 9.12. The molecule has 0 radical (unpaired) electrons. The average Bonchev–Trinajstić information content (AvgIpc) is 2.04. The summed E-state index contributed by atoms with van der Waals surface area (Å²) in [5, 5.41) is 0. The lowest BCUT2D eigenvalue weighted by molar-refractivity contribution is -0.583. The van der Waals surface area contributed by atoms with E-state index in [2.05, 4.69) is 32.3 Å². The molecule has 0 atom stereocenters. The number of hydrogen-bond donors (Lipinski definition) is 0. The van der Waals surface area contributed by atoms with Gasteiger partial charge in [0.2, 0.25) is 0 Å². The van der Waals surface area contributed by atoms with E-state index in [1.54, 1.807) is 0 Å². The zero-order chi connectivity index (χ0) is 9.84. The highest BCUT2D eigenvalue weighted by molar-refractivity contribution is 8.39. The smallest absolute Gasteiger partial charge is 0.270 e. The van der Waals surface area contributed by atoms with Gasteiger partial charge in [-0.25, -0.2) is 4.58 Å². The van der Waals surface area contributed by atoms with Crippen LogP contribution in [0.1, 0.15) is 34.1 Å². The first kappa shape index (κ1) is 14.8. The van der Waals surface area contributed by atoms with Crippen LogP contribution >= 0.6 is 23.5 Å². The van der Waals surface area contributed by atoms with Crippen molar-refractivity contribution in [1.82, 2.24) is 0 Å². The Morgan fingerprint density at radius 3 is 1.79 bits per heavy atom. The third-order valence-corrected chi connectivity index (χ3v) is 4.67. The molecule has 0 aromatic rings. The van der Waals surface area contributed by atoms with Gasteiger partial charge in [0.1, 0.15) is 12.1 Å². The molecule has 1 nitrogen and oxygen atoms in total. The zero-order valence-electron chi connectivity index (χ0n) is 9.42. The average molecular weight is 298 g/mol. The van der Waals surface area contributed by atoms with Gasteiger partial charge in [-0.1, -0.05) is 23.5 Å². The standard InChI is InChI=1S/C10H20NS2.BrH/c1-8(2)11(9(3)4)10-12-6-5-7-13-10;/h8-9H,5-7H2,1-4H3;1H/q+1;/p-1. The molecule has 0 spiro atoms. The largest absolute Gasteiger partial charge is 1.00 e. The van der Waals surface area contributed by atoms with Crippen molar-refractivity contribution in [3.8, 4) is 0 Å². The molecule has 14 heavy (non-hydrogen) atoms. The molecule has 0 N–H and O–H groups in total. The first-order chi connectivity index (χ1) is 6.13. The molecule has 4 heteroatoms. The first-order valence-electron chi connectivity index (χ1n) is 5.04. The molecule has 0 amide bonds. The van der Waals surface area contributed by atoms with Crippen LogP contribution in [-0.4, -0.2) is 32.5 Å². The molecule has 0 bridgehead atoms. The van der Waals surface area contributed by atoms with Gasteiger partial charge in [0.05, 0.1) is 0 Å². The monoisotopic (exact) mass is 297 g/mol. The van der Waals surface area contributed by atoms with Gasteiger partial charge in [0.15, 0.2) is 0 Å². The molecule has 1 rings (SSSR count). The Morgan fingerprint density at radius 2 is 1.43 bits per heavy atom. The quantitative estimate of drug-likeness (QED) is 0.663. The Morgan fingerprint density at radius 1 is 1.00 bits per heavy atom. The number of thioether (sulfide) groups is 2. The van der Waals surface area contributed by atoms with Gasteiger partial charge in [-0.3, -0.25) is 0 Å². The predicted molar refractivity (Wildman–Crippen MR) is 65.1 cm³/mol. The van der Waals surface area contributed by atoms with Crippen molar-refractivity contribution in [2.24, 2.45) is 0 Å². The minimum atomic E-state index is 0. The minimum absolute atomic E-state index is 0. The molecular weight excluding hydrogens is 278 g/mol. The fourth-order valence-corrected chi connectivity index (χ4v) is 4.67. The van der Waals surface area contributed by atoms with Crippen LogP contribution in [0.4, 0.5) is 0 Å². The fourth-order valence-electron chi connectivity index (χ4n) is 1.59. The Bertz CT molecular complexity index is 184. The molecule has 1 heterocycles. The van der Waals surface area contributed by atoms with E-state index in [-0.39, 0.29) is 17.0 Å². The number of nitrogens with zero attached hydrogens (tertiary/aromatic N) is 1. The lowest BCUT2D eigenvalue weighted by Crippen LogP contribution is -3.00. The molecule has 84 valence electrons. The third-order valence-electron chi connectivity index (χ3n) is 2.06. The summed E-state index contributed by atoms with van der Waals surface area (Å²) in [5.74, 6) is 2.61. The lowest BCUT2D eigenvalue weighted by atomic mass is 10.3. The molecule has 0 unspecified atom stereocenters. The fraction of sp³-hybridized carbons (Fsp3) is 0.900. The molecular formula is C10H20BrNS2. The molecule has 1 aliphatic heterocycles. The molecule has 0 aromatic heterocycles. The van der Waals surface area contributed by atoms with Crippen LogP contribution in [-0.2, 0) is 0 Å². The maximum atomic E-state index is 2.54. The van der Waals surface area contributed by atoms with E-state index in [1.165, 1.54) is 22.3 Å². The highest BCUT2D eigenvalue weighted by Gasteiger charge is 2.24. The highest BCUT2D eigenvalue weighted by Crippen LogP contribution is 2.26. The molecule has 1 aliphatic rings. The van der Waals surface area contributed by atoms with E-state index in [0.29, 0.717) is 12.1 Å². The Kier molecular flexibility index (Phi) is 7.61. The number of hydrogen-bond acceptors (Lipinski definition) is 2. The van der Waals surface area contributed by atoms with Crippen LogP contribution in [0.2, 0.25) is 0 Å². The van der Waals surface area contributed by atoms with Gasteiger partial charge < -0.3 is 17.0 Å². The van der Waals surface area contributed by atoms with Gasteiger partial charge in [-0.05, 0) is 34.1 Å². The number of rotatable bonds is 2. The van der Waals surface area contributed by atoms with E-state index in [1.807, 2.05) is 23.5 Å². The van der Waals surface area contributed by atoms with Crippen molar-refractivity contribution >= 4 is 27.9 Å². The summed E-state index contributed by atoms with van der Waals surface area (Å²) in [5.41, 5.74) is 0. The lowest BCUT2D eigenvalue weighted by Gasteiger charge is -2.17. The van der Waals surface area contributed by atoms with Crippen molar-refractivity contribution in [1.29, 1.82) is 0 Å². The van der Waals surface area contributed by atoms with E-state index in [4.69, 9.17) is 0 Å². The van der Waals surface area contributed by atoms with E-state index in [9.17, 15) is 0 Å². The van der Waals surface area contributed by atoms with Crippen LogP contribution < -0.4 is 17.0 Å². The molecule has 1 saturated heterocycles. The summed E-state index contributed by atoms with van der Waals surface area (Å²) in [6.07, 6.45) is 1.36. The van der Waals surface area contributed by atoms with E-state index in [0.717, 1.165) is 0 Å². The second-order valence-electron chi connectivity index (χ2n) is 3.91. The summed E-state index contributed by atoms with van der Waals surface area (Å²) in [4.78, 5) is 0. The Labute approximate surface area is 107 Å². The second kappa shape index (κ2) is 7.18. The van der Waals surface area contributed by atoms with Gasteiger partial charge in [0, 0.05) is 11.5 Å². The summed E-state index contributed by atoms with van der Waals surface area (Å²) < 4.78 is 4.07. The Balaban J connectivity index is 0.00000169. The Hall–Kier alpha value is 0.850. The molecule has 0 aliphatic carbocycles. The topological polar surface area (TPSA) is 3.01 Å². The minimum Gasteiger partial charge on any atom is -1.00 e. The van der Waals surface area contributed by atoms with Crippen molar-refractivity contribution in [2.75, 3.05) is 11.5 Å².